The van der Waals surface area contributed by atoms with Gasteiger partial charge in [0.05, 0.1) is 5.69 Å². The number of aryl methyl sites for hydroxylation is 1. The van der Waals surface area contributed by atoms with E-state index in [4.69, 9.17) is 10.9 Å². The predicted molar refractivity (Wildman–Crippen MR) is 66.7 cm³/mol. The molecule has 0 radical (unpaired) electrons. The highest BCUT2D eigenvalue weighted by Gasteiger charge is 2.40. The highest BCUT2D eigenvalue weighted by molar-refractivity contribution is 7.08. The molecule has 0 saturated heterocycles. The van der Waals surface area contributed by atoms with Crippen molar-refractivity contribution < 1.29 is 10.0 Å². The monoisotopic (exact) mass is 269 g/mol. The standard InChI is InChI=1S/C10H15N5O2S/c1-6-7(18-15-13-6)8(16)12-10(9(11)14-17)4-2-3-5-10/h17H,2-5H2,1H3,(H2,11,14)(H,12,16). The van der Waals surface area contributed by atoms with Crippen molar-refractivity contribution in [3.05, 3.63) is 10.6 Å². The number of carbonyl (C=O) groups is 1. The Hall–Kier alpha value is -1.70. The molecule has 98 valence electrons. The lowest BCUT2D eigenvalue weighted by atomic mass is 9.96. The van der Waals surface area contributed by atoms with Gasteiger partial charge in [0.2, 0.25) is 0 Å². The lowest BCUT2D eigenvalue weighted by Gasteiger charge is -2.28. The fourth-order valence-corrected chi connectivity index (χ4v) is 2.79. The quantitative estimate of drug-likeness (QED) is 0.322. The molecule has 1 aromatic heterocycles. The summed E-state index contributed by atoms with van der Waals surface area (Å²) in [6, 6.07) is 0. The number of rotatable bonds is 3. The molecule has 8 heteroatoms. The van der Waals surface area contributed by atoms with Crippen molar-refractivity contribution in [2.75, 3.05) is 0 Å². The molecule has 1 aromatic rings. The third-order valence-corrected chi connectivity index (χ3v) is 4.09. The van der Waals surface area contributed by atoms with E-state index in [1.807, 2.05) is 0 Å². The summed E-state index contributed by atoms with van der Waals surface area (Å²) >= 11 is 1.04. The second kappa shape index (κ2) is 4.89. The van der Waals surface area contributed by atoms with E-state index in [2.05, 4.69) is 20.1 Å². The van der Waals surface area contributed by atoms with Crippen LogP contribution < -0.4 is 11.1 Å². The number of nitrogens with one attached hydrogen (secondary N) is 1. The van der Waals surface area contributed by atoms with Crippen molar-refractivity contribution in [3.8, 4) is 0 Å². The molecular formula is C10H15N5O2S. The normalized spacial score (nSPS) is 18.8. The van der Waals surface area contributed by atoms with Crippen LogP contribution in [0.15, 0.2) is 5.16 Å². The maximum atomic E-state index is 12.1. The Kier molecular flexibility index (Phi) is 3.46. The van der Waals surface area contributed by atoms with Gasteiger partial charge in [-0.25, -0.2) is 0 Å². The largest absolute Gasteiger partial charge is 0.409 e. The molecule has 1 saturated carbocycles. The van der Waals surface area contributed by atoms with Gasteiger partial charge >= 0.3 is 0 Å². The fraction of sp³-hybridized carbons (Fsp3) is 0.600. The van der Waals surface area contributed by atoms with E-state index >= 15 is 0 Å². The van der Waals surface area contributed by atoms with Crippen LogP contribution >= 0.6 is 11.5 Å². The molecule has 0 aliphatic heterocycles. The average molecular weight is 269 g/mol. The summed E-state index contributed by atoms with van der Waals surface area (Å²) in [6.07, 6.45) is 3.24. The van der Waals surface area contributed by atoms with Gasteiger partial charge in [-0.3, -0.25) is 4.79 Å². The molecule has 1 fully saturated rings. The van der Waals surface area contributed by atoms with Gasteiger partial charge in [0.15, 0.2) is 5.84 Å². The first kappa shape index (κ1) is 12.7. The van der Waals surface area contributed by atoms with Gasteiger partial charge in [0.25, 0.3) is 5.91 Å². The van der Waals surface area contributed by atoms with Crippen molar-refractivity contribution in [2.24, 2.45) is 10.9 Å². The van der Waals surface area contributed by atoms with Gasteiger partial charge in [-0.1, -0.05) is 22.5 Å². The second-order valence-corrected chi connectivity index (χ2v) is 5.17. The molecule has 1 heterocycles. The van der Waals surface area contributed by atoms with Crippen molar-refractivity contribution in [3.63, 3.8) is 0 Å². The maximum absolute atomic E-state index is 12.1. The van der Waals surface area contributed by atoms with Crippen molar-refractivity contribution in [1.29, 1.82) is 0 Å². The summed E-state index contributed by atoms with van der Waals surface area (Å²) in [5.41, 5.74) is 5.56. The average Bonchev–Trinajstić information content (AvgIpc) is 2.97. The van der Waals surface area contributed by atoms with E-state index in [9.17, 15) is 4.79 Å². The zero-order valence-corrected chi connectivity index (χ0v) is 10.8. The van der Waals surface area contributed by atoms with Crippen molar-refractivity contribution >= 4 is 23.3 Å². The zero-order valence-electron chi connectivity index (χ0n) is 10.0. The van der Waals surface area contributed by atoms with Gasteiger partial charge in [-0.05, 0) is 31.3 Å². The minimum Gasteiger partial charge on any atom is -0.409 e. The molecule has 1 aliphatic rings. The van der Waals surface area contributed by atoms with Crippen LogP contribution in [0, 0.1) is 6.92 Å². The molecule has 1 aliphatic carbocycles. The van der Waals surface area contributed by atoms with Gasteiger partial charge in [0.1, 0.15) is 10.4 Å². The third-order valence-electron chi connectivity index (χ3n) is 3.27. The fourth-order valence-electron chi connectivity index (χ4n) is 2.23. The Morgan fingerprint density at radius 1 is 1.56 bits per heavy atom. The maximum Gasteiger partial charge on any atom is 0.265 e. The summed E-state index contributed by atoms with van der Waals surface area (Å²) in [4.78, 5) is 12.6. The molecule has 2 rings (SSSR count). The van der Waals surface area contributed by atoms with E-state index < -0.39 is 5.54 Å². The number of aromatic nitrogens is 2. The van der Waals surface area contributed by atoms with E-state index in [0.29, 0.717) is 23.4 Å². The number of nitrogens with two attached hydrogens (primary N) is 1. The van der Waals surface area contributed by atoms with Crippen LogP contribution in [0.1, 0.15) is 41.0 Å². The zero-order chi connectivity index (χ0) is 13.2. The Morgan fingerprint density at radius 2 is 2.22 bits per heavy atom. The smallest absolute Gasteiger partial charge is 0.265 e. The first-order chi connectivity index (χ1) is 8.59. The van der Waals surface area contributed by atoms with E-state index in [-0.39, 0.29) is 11.7 Å². The lowest BCUT2D eigenvalue weighted by Crippen LogP contribution is -2.55. The second-order valence-electron chi connectivity index (χ2n) is 4.42. The van der Waals surface area contributed by atoms with E-state index in [0.717, 1.165) is 24.4 Å². The van der Waals surface area contributed by atoms with E-state index in [1.54, 1.807) is 6.92 Å². The van der Waals surface area contributed by atoms with Crippen LogP contribution in [0.4, 0.5) is 0 Å². The molecule has 18 heavy (non-hydrogen) atoms. The minimum absolute atomic E-state index is 0.0588. The van der Waals surface area contributed by atoms with Gasteiger partial charge in [-0.15, -0.1) is 5.10 Å². The molecule has 1 amide bonds. The summed E-state index contributed by atoms with van der Waals surface area (Å²) in [5.74, 6) is -0.209. The number of hydrogen-bond acceptors (Lipinski definition) is 6. The van der Waals surface area contributed by atoms with Gasteiger partial charge < -0.3 is 16.3 Å². The summed E-state index contributed by atoms with van der Waals surface area (Å²) in [6.45, 7) is 1.73. The molecule has 4 N–H and O–H groups in total. The minimum atomic E-state index is -0.734. The lowest BCUT2D eigenvalue weighted by molar-refractivity contribution is 0.0926. The number of amides is 1. The molecule has 0 bridgehead atoms. The Labute approximate surface area is 108 Å². The van der Waals surface area contributed by atoms with Crippen LogP contribution in [-0.2, 0) is 0 Å². The SMILES string of the molecule is Cc1nnsc1C(=O)NC1(C(N)=NO)CCCC1. The van der Waals surface area contributed by atoms with Crippen LogP contribution in [-0.4, -0.2) is 32.1 Å². The highest BCUT2D eigenvalue weighted by Crippen LogP contribution is 2.30. The number of amidine groups is 1. The Bertz CT molecular complexity index is 478. The molecule has 0 atom stereocenters. The topological polar surface area (TPSA) is 113 Å². The van der Waals surface area contributed by atoms with Crippen LogP contribution in [0.3, 0.4) is 0 Å². The highest BCUT2D eigenvalue weighted by atomic mass is 32.1. The molecule has 0 spiro atoms. The predicted octanol–water partition coefficient (Wildman–Crippen LogP) is 0.636. The van der Waals surface area contributed by atoms with Gasteiger partial charge in [0, 0.05) is 0 Å². The first-order valence-corrected chi connectivity index (χ1v) is 6.46. The van der Waals surface area contributed by atoms with Crippen molar-refractivity contribution in [1.82, 2.24) is 14.9 Å². The number of oxime groups is 1. The summed E-state index contributed by atoms with van der Waals surface area (Å²) in [7, 11) is 0. The van der Waals surface area contributed by atoms with Crippen LogP contribution in [0.25, 0.3) is 0 Å². The Balaban J connectivity index is 2.21. The summed E-state index contributed by atoms with van der Waals surface area (Å²) < 4.78 is 3.73. The molecular weight excluding hydrogens is 254 g/mol. The molecule has 0 unspecified atom stereocenters. The van der Waals surface area contributed by atoms with Crippen molar-refractivity contribution in [2.45, 2.75) is 38.1 Å². The molecule has 0 aromatic carbocycles. The molecule has 7 nitrogen and oxygen atoms in total. The van der Waals surface area contributed by atoms with E-state index in [1.165, 1.54) is 0 Å². The first-order valence-electron chi connectivity index (χ1n) is 5.68. The number of carbonyl (C=O) groups excluding carboxylic acids is 1. The number of nitrogens with zero attached hydrogens (tertiary/aromatic N) is 3. The number of hydrogen-bond donors (Lipinski definition) is 3. The third kappa shape index (κ3) is 2.15. The van der Waals surface area contributed by atoms with Gasteiger partial charge in [-0.2, -0.15) is 0 Å². The van der Waals surface area contributed by atoms with Crippen LogP contribution in [0.2, 0.25) is 0 Å². The van der Waals surface area contributed by atoms with Crippen LogP contribution in [0.5, 0.6) is 0 Å². The Morgan fingerprint density at radius 3 is 2.72 bits per heavy atom. The summed E-state index contributed by atoms with van der Waals surface area (Å²) in [5, 5.41) is 18.6.